The van der Waals surface area contributed by atoms with Gasteiger partial charge in [-0.3, -0.25) is 9.89 Å². The second-order valence-corrected chi connectivity index (χ2v) is 6.73. The number of hydrogen-bond donors (Lipinski definition) is 2. The lowest BCUT2D eigenvalue weighted by Gasteiger charge is -2.26. The molecular formula is C19H23N3O2. The van der Waals surface area contributed by atoms with E-state index in [9.17, 15) is 4.79 Å². The van der Waals surface area contributed by atoms with Gasteiger partial charge in [0.25, 0.3) is 0 Å². The molecule has 1 saturated heterocycles. The Bertz CT molecular complexity index is 701. The first-order valence-corrected chi connectivity index (χ1v) is 8.85. The lowest BCUT2D eigenvalue weighted by Crippen LogP contribution is -2.28. The van der Waals surface area contributed by atoms with E-state index in [0.717, 1.165) is 68.0 Å². The number of H-pyrrole nitrogens is 1. The van der Waals surface area contributed by atoms with Crippen LogP contribution in [0.25, 0.3) is 11.3 Å². The van der Waals surface area contributed by atoms with Crippen LogP contribution in [0.4, 0.5) is 5.69 Å². The molecule has 1 saturated carbocycles. The highest BCUT2D eigenvalue weighted by molar-refractivity contribution is 5.97. The molecule has 1 aliphatic carbocycles. The molecule has 1 aromatic heterocycles. The van der Waals surface area contributed by atoms with Gasteiger partial charge in [-0.25, -0.2) is 0 Å². The summed E-state index contributed by atoms with van der Waals surface area (Å²) in [4.78, 5) is 12.5. The number of ether oxygens (including phenoxy) is 1. The number of nitrogens with one attached hydrogen (secondary N) is 2. The number of carbonyl (C=O) groups is 1. The number of amides is 1. The summed E-state index contributed by atoms with van der Waals surface area (Å²) in [5.41, 5.74) is 3.77. The fourth-order valence-corrected chi connectivity index (χ4v) is 3.46. The number of carbonyl (C=O) groups excluding carboxylic acids is 1. The molecule has 1 aliphatic heterocycles. The number of anilines is 1. The Kier molecular flexibility index (Phi) is 4.34. The third kappa shape index (κ3) is 2.96. The van der Waals surface area contributed by atoms with E-state index in [-0.39, 0.29) is 11.8 Å². The molecule has 2 aromatic rings. The number of benzene rings is 1. The first-order chi connectivity index (χ1) is 11.8. The van der Waals surface area contributed by atoms with Crippen LogP contribution in [-0.2, 0) is 9.53 Å². The van der Waals surface area contributed by atoms with Crippen LogP contribution in [0.15, 0.2) is 30.3 Å². The Morgan fingerprint density at radius 3 is 2.54 bits per heavy atom. The van der Waals surface area contributed by atoms with Crippen molar-refractivity contribution in [1.29, 1.82) is 0 Å². The van der Waals surface area contributed by atoms with Gasteiger partial charge >= 0.3 is 0 Å². The summed E-state index contributed by atoms with van der Waals surface area (Å²) in [6, 6.07) is 10.0. The van der Waals surface area contributed by atoms with Gasteiger partial charge in [0.1, 0.15) is 5.69 Å². The highest BCUT2D eigenvalue weighted by Crippen LogP contribution is 2.38. The third-order valence-electron chi connectivity index (χ3n) is 5.20. The molecular weight excluding hydrogens is 302 g/mol. The average molecular weight is 325 g/mol. The van der Waals surface area contributed by atoms with Gasteiger partial charge in [0, 0.05) is 30.6 Å². The monoisotopic (exact) mass is 325 g/mol. The SMILES string of the molecule is O=C(Nc1c(-c2ccccc2)n[nH]c1C1CCOCC1)C1CCC1. The first kappa shape index (κ1) is 15.4. The van der Waals surface area contributed by atoms with Crippen LogP contribution in [0, 0.1) is 5.92 Å². The van der Waals surface area contributed by atoms with E-state index >= 15 is 0 Å². The molecule has 1 aromatic carbocycles. The van der Waals surface area contributed by atoms with Crippen LogP contribution in [0.5, 0.6) is 0 Å². The molecule has 0 atom stereocenters. The minimum absolute atomic E-state index is 0.133. The normalized spacial score (nSPS) is 19.0. The van der Waals surface area contributed by atoms with Gasteiger partial charge in [-0.05, 0) is 25.7 Å². The lowest BCUT2D eigenvalue weighted by atomic mass is 9.84. The van der Waals surface area contributed by atoms with E-state index in [1.54, 1.807) is 0 Å². The van der Waals surface area contributed by atoms with Crippen molar-refractivity contribution in [2.24, 2.45) is 5.92 Å². The minimum atomic E-state index is 0.133. The predicted octanol–water partition coefficient (Wildman–Crippen LogP) is 3.71. The molecule has 0 bridgehead atoms. The Morgan fingerprint density at radius 2 is 1.88 bits per heavy atom. The minimum Gasteiger partial charge on any atom is -0.381 e. The zero-order valence-corrected chi connectivity index (χ0v) is 13.8. The molecule has 2 aliphatic rings. The van der Waals surface area contributed by atoms with Gasteiger partial charge in [0.05, 0.1) is 11.4 Å². The molecule has 2 fully saturated rings. The Morgan fingerprint density at radius 1 is 1.12 bits per heavy atom. The number of nitrogens with zero attached hydrogens (tertiary/aromatic N) is 1. The molecule has 0 spiro atoms. The highest BCUT2D eigenvalue weighted by atomic mass is 16.5. The van der Waals surface area contributed by atoms with Gasteiger partial charge in [-0.15, -0.1) is 0 Å². The second-order valence-electron chi connectivity index (χ2n) is 6.73. The van der Waals surface area contributed by atoms with Crippen molar-refractivity contribution in [2.45, 2.75) is 38.0 Å². The van der Waals surface area contributed by atoms with Crippen molar-refractivity contribution in [3.63, 3.8) is 0 Å². The van der Waals surface area contributed by atoms with Gasteiger partial charge in [-0.2, -0.15) is 5.10 Å². The van der Waals surface area contributed by atoms with Crippen LogP contribution >= 0.6 is 0 Å². The van der Waals surface area contributed by atoms with Crippen LogP contribution in [0.3, 0.4) is 0 Å². The van der Waals surface area contributed by atoms with Gasteiger partial charge in [0.15, 0.2) is 0 Å². The molecule has 126 valence electrons. The third-order valence-corrected chi connectivity index (χ3v) is 5.20. The summed E-state index contributed by atoms with van der Waals surface area (Å²) in [7, 11) is 0. The molecule has 2 N–H and O–H groups in total. The molecule has 5 heteroatoms. The van der Waals surface area contributed by atoms with Gasteiger partial charge in [-0.1, -0.05) is 36.8 Å². The predicted molar refractivity (Wildman–Crippen MR) is 92.8 cm³/mol. The average Bonchev–Trinajstić information content (AvgIpc) is 2.98. The number of aromatic nitrogens is 2. The van der Waals surface area contributed by atoms with E-state index in [2.05, 4.69) is 15.5 Å². The van der Waals surface area contributed by atoms with Crippen LogP contribution in [0.1, 0.15) is 43.7 Å². The van der Waals surface area contributed by atoms with Crippen molar-refractivity contribution >= 4 is 11.6 Å². The van der Waals surface area contributed by atoms with Crippen LogP contribution in [0.2, 0.25) is 0 Å². The Balaban J connectivity index is 1.68. The molecule has 1 amide bonds. The lowest BCUT2D eigenvalue weighted by molar-refractivity contribution is -0.122. The maximum atomic E-state index is 12.5. The van der Waals surface area contributed by atoms with Crippen molar-refractivity contribution in [2.75, 3.05) is 18.5 Å². The van der Waals surface area contributed by atoms with Crippen molar-refractivity contribution in [3.8, 4) is 11.3 Å². The molecule has 2 heterocycles. The fourth-order valence-electron chi connectivity index (χ4n) is 3.46. The summed E-state index contributed by atoms with van der Waals surface area (Å²) in [6.07, 6.45) is 5.07. The van der Waals surface area contributed by atoms with Crippen molar-refractivity contribution < 1.29 is 9.53 Å². The van der Waals surface area contributed by atoms with Gasteiger partial charge in [0.2, 0.25) is 5.91 Å². The van der Waals surface area contributed by atoms with E-state index in [4.69, 9.17) is 4.74 Å². The largest absolute Gasteiger partial charge is 0.381 e. The zero-order valence-electron chi connectivity index (χ0n) is 13.8. The highest BCUT2D eigenvalue weighted by Gasteiger charge is 2.29. The summed E-state index contributed by atoms with van der Waals surface area (Å²) < 4.78 is 5.48. The molecule has 24 heavy (non-hydrogen) atoms. The van der Waals surface area contributed by atoms with Crippen molar-refractivity contribution in [3.05, 3.63) is 36.0 Å². The number of rotatable bonds is 4. The maximum Gasteiger partial charge on any atom is 0.227 e. The summed E-state index contributed by atoms with van der Waals surface area (Å²) in [5, 5.41) is 10.9. The van der Waals surface area contributed by atoms with E-state index in [1.807, 2.05) is 30.3 Å². The second kappa shape index (κ2) is 6.77. The van der Waals surface area contributed by atoms with Crippen molar-refractivity contribution in [1.82, 2.24) is 10.2 Å². The van der Waals surface area contributed by atoms with E-state index < -0.39 is 0 Å². The van der Waals surface area contributed by atoms with Gasteiger partial charge < -0.3 is 10.1 Å². The van der Waals surface area contributed by atoms with Crippen LogP contribution in [-0.4, -0.2) is 29.3 Å². The van der Waals surface area contributed by atoms with E-state index in [0.29, 0.717) is 5.92 Å². The zero-order chi connectivity index (χ0) is 16.4. The first-order valence-electron chi connectivity index (χ1n) is 8.85. The maximum absolute atomic E-state index is 12.5. The summed E-state index contributed by atoms with van der Waals surface area (Å²) >= 11 is 0. The standard InChI is InChI=1S/C19H23N3O2/c23-19(15-7-4-8-15)20-18-16(13-5-2-1-3-6-13)21-22-17(18)14-9-11-24-12-10-14/h1-3,5-6,14-15H,4,7-12H2,(H,20,23)(H,21,22). The smallest absolute Gasteiger partial charge is 0.227 e. The molecule has 4 rings (SSSR count). The quantitative estimate of drug-likeness (QED) is 0.900. The Hall–Kier alpha value is -2.14. The molecule has 5 nitrogen and oxygen atoms in total. The summed E-state index contributed by atoms with van der Waals surface area (Å²) in [6.45, 7) is 1.53. The Labute approximate surface area is 141 Å². The molecule has 0 radical (unpaired) electrons. The number of aromatic amines is 1. The fraction of sp³-hybridized carbons (Fsp3) is 0.474. The molecule has 0 unspecified atom stereocenters. The number of hydrogen-bond acceptors (Lipinski definition) is 3. The van der Waals surface area contributed by atoms with Crippen LogP contribution < -0.4 is 5.32 Å². The topological polar surface area (TPSA) is 67.0 Å². The van der Waals surface area contributed by atoms with E-state index in [1.165, 1.54) is 0 Å². The summed E-state index contributed by atoms with van der Waals surface area (Å²) in [5.74, 6) is 0.652.